The van der Waals surface area contributed by atoms with Crippen LogP contribution >= 0.6 is 45.2 Å². The zero-order chi connectivity index (χ0) is 7.40. The van der Waals surface area contributed by atoms with E-state index in [-0.39, 0.29) is 0 Å². The molecular formula is C8H6I2. The first-order valence-corrected chi connectivity index (χ1v) is 5.18. The summed E-state index contributed by atoms with van der Waals surface area (Å²) in [5.74, 6) is 0. The van der Waals surface area contributed by atoms with Crippen molar-refractivity contribution in [1.82, 2.24) is 0 Å². The number of hydrogen-bond donors (Lipinski definition) is 0. The summed E-state index contributed by atoms with van der Waals surface area (Å²) in [6, 6.07) is 8.31. The molecule has 0 heterocycles. The standard InChI is InChI=1S/C8H6I2/c9-6-5-7-3-1-2-4-8(7)10/h1-6H/b6-5+. The molecule has 1 rings (SSSR count). The summed E-state index contributed by atoms with van der Waals surface area (Å²) in [5, 5.41) is 0. The molecule has 2 heteroatoms. The van der Waals surface area contributed by atoms with Crippen molar-refractivity contribution in [2.45, 2.75) is 0 Å². The van der Waals surface area contributed by atoms with Crippen molar-refractivity contribution in [3.63, 3.8) is 0 Å². The number of benzene rings is 1. The molecule has 0 aromatic heterocycles. The van der Waals surface area contributed by atoms with E-state index in [0.717, 1.165) is 0 Å². The third kappa shape index (κ3) is 2.23. The van der Waals surface area contributed by atoms with Crippen molar-refractivity contribution in [1.29, 1.82) is 0 Å². The van der Waals surface area contributed by atoms with Gasteiger partial charge in [0.05, 0.1) is 0 Å². The van der Waals surface area contributed by atoms with Gasteiger partial charge in [-0.05, 0) is 44.4 Å². The van der Waals surface area contributed by atoms with E-state index in [0.29, 0.717) is 0 Å². The lowest BCUT2D eigenvalue weighted by Crippen LogP contribution is -1.75. The Morgan fingerprint density at radius 2 is 1.90 bits per heavy atom. The minimum atomic E-state index is 1.29. The van der Waals surface area contributed by atoms with Gasteiger partial charge in [-0.3, -0.25) is 0 Å². The van der Waals surface area contributed by atoms with E-state index in [4.69, 9.17) is 0 Å². The third-order valence-electron chi connectivity index (χ3n) is 1.15. The fourth-order valence-electron chi connectivity index (χ4n) is 0.678. The Labute approximate surface area is 88.0 Å². The third-order valence-corrected chi connectivity index (χ3v) is 2.49. The van der Waals surface area contributed by atoms with E-state index in [1.807, 2.05) is 16.2 Å². The van der Waals surface area contributed by atoms with Gasteiger partial charge in [-0.1, -0.05) is 40.8 Å². The topological polar surface area (TPSA) is 0 Å². The van der Waals surface area contributed by atoms with Crippen LogP contribution < -0.4 is 0 Å². The summed E-state index contributed by atoms with van der Waals surface area (Å²) in [6.07, 6.45) is 2.10. The van der Waals surface area contributed by atoms with Crippen molar-refractivity contribution < 1.29 is 0 Å². The molecule has 0 saturated heterocycles. The largest absolute Gasteiger partial charge is 0.0616 e. The minimum absolute atomic E-state index is 1.29. The zero-order valence-corrected chi connectivity index (χ0v) is 9.54. The van der Waals surface area contributed by atoms with Crippen LogP contribution in [0, 0.1) is 3.57 Å². The molecule has 52 valence electrons. The summed E-state index contributed by atoms with van der Waals surface area (Å²) in [5.41, 5.74) is 1.29. The van der Waals surface area contributed by atoms with Gasteiger partial charge in [-0.15, -0.1) is 0 Å². The second kappa shape index (κ2) is 4.33. The van der Waals surface area contributed by atoms with Crippen LogP contribution in [0.25, 0.3) is 6.08 Å². The maximum absolute atomic E-state index is 2.33. The van der Waals surface area contributed by atoms with Crippen molar-refractivity contribution >= 4 is 51.3 Å². The highest BCUT2D eigenvalue weighted by atomic mass is 127. The van der Waals surface area contributed by atoms with Crippen LogP contribution in [-0.2, 0) is 0 Å². The summed E-state index contributed by atoms with van der Waals surface area (Å²) < 4.78 is 3.32. The molecule has 1 aromatic rings. The summed E-state index contributed by atoms with van der Waals surface area (Å²) in [6.45, 7) is 0. The molecule has 0 spiro atoms. The molecule has 1 aromatic carbocycles. The molecule has 0 aliphatic heterocycles. The molecule has 0 aliphatic carbocycles. The lowest BCUT2D eigenvalue weighted by Gasteiger charge is -1.94. The highest BCUT2D eigenvalue weighted by Crippen LogP contribution is 2.13. The zero-order valence-electron chi connectivity index (χ0n) is 5.22. The molecule has 0 N–H and O–H groups in total. The highest BCUT2D eigenvalue weighted by molar-refractivity contribution is 14.1. The van der Waals surface area contributed by atoms with E-state index in [9.17, 15) is 0 Å². The van der Waals surface area contributed by atoms with Gasteiger partial charge in [0.15, 0.2) is 0 Å². The van der Waals surface area contributed by atoms with Gasteiger partial charge in [0, 0.05) is 3.57 Å². The van der Waals surface area contributed by atoms with Crippen molar-refractivity contribution in [2.75, 3.05) is 0 Å². The molecular weight excluding hydrogens is 350 g/mol. The summed E-state index contributed by atoms with van der Waals surface area (Å²) in [4.78, 5) is 0. The van der Waals surface area contributed by atoms with Crippen LogP contribution in [-0.4, -0.2) is 0 Å². The normalized spacial score (nSPS) is 10.6. The second-order valence-electron chi connectivity index (χ2n) is 1.81. The Balaban J connectivity index is 3.03. The number of rotatable bonds is 1. The van der Waals surface area contributed by atoms with Gasteiger partial charge < -0.3 is 0 Å². The number of halogens is 2. The minimum Gasteiger partial charge on any atom is -0.0616 e. The van der Waals surface area contributed by atoms with Crippen LogP contribution in [0.5, 0.6) is 0 Å². The van der Waals surface area contributed by atoms with Crippen LogP contribution in [0.15, 0.2) is 28.3 Å². The molecule has 0 amide bonds. The fraction of sp³-hybridized carbons (Fsp3) is 0. The molecule has 0 aliphatic rings. The first-order chi connectivity index (χ1) is 4.84. The maximum atomic E-state index is 2.33. The Kier molecular flexibility index (Phi) is 3.69. The molecule has 0 radical (unpaired) electrons. The van der Waals surface area contributed by atoms with E-state index >= 15 is 0 Å². The van der Waals surface area contributed by atoms with Crippen molar-refractivity contribution in [2.24, 2.45) is 0 Å². The smallest absolute Gasteiger partial charge is 0.0202 e. The van der Waals surface area contributed by atoms with E-state index in [1.54, 1.807) is 0 Å². The molecule has 0 bridgehead atoms. The Morgan fingerprint density at radius 1 is 1.20 bits per heavy atom. The van der Waals surface area contributed by atoms with E-state index in [2.05, 4.69) is 63.4 Å². The number of hydrogen-bond acceptors (Lipinski definition) is 0. The van der Waals surface area contributed by atoms with Crippen molar-refractivity contribution in [3.8, 4) is 0 Å². The van der Waals surface area contributed by atoms with Crippen LogP contribution in [0.2, 0.25) is 0 Å². The highest BCUT2D eigenvalue weighted by Gasteiger charge is 1.89. The lowest BCUT2D eigenvalue weighted by atomic mass is 10.2. The first kappa shape index (κ1) is 8.52. The van der Waals surface area contributed by atoms with Crippen LogP contribution in [0.3, 0.4) is 0 Å². The predicted octanol–water partition coefficient (Wildman–Crippen LogP) is 3.70. The SMILES string of the molecule is I/C=C/c1ccccc1I. The average molecular weight is 356 g/mol. The van der Waals surface area contributed by atoms with Gasteiger partial charge in [-0.2, -0.15) is 0 Å². The second-order valence-corrected chi connectivity index (χ2v) is 3.70. The van der Waals surface area contributed by atoms with Crippen LogP contribution in [0.4, 0.5) is 0 Å². The Morgan fingerprint density at radius 3 is 2.50 bits per heavy atom. The first-order valence-electron chi connectivity index (χ1n) is 2.86. The van der Waals surface area contributed by atoms with Gasteiger partial charge in [0.1, 0.15) is 0 Å². The Bertz CT molecular complexity index is 241. The molecule has 0 unspecified atom stereocenters. The quantitative estimate of drug-likeness (QED) is 0.674. The molecule has 0 fully saturated rings. The van der Waals surface area contributed by atoms with E-state index in [1.165, 1.54) is 9.13 Å². The lowest BCUT2D eigenvalue weighted by molar-refractivity contribution is 1.60. The van der Waals surface area contributed by atoms with Gasteiger partial charge >= 0.3 is 0 Å². The average Bonchev–Trinajstić information content (AvgIpc) is 1.94. The molecule has 0 saturated carbocycles. The van der Waals surface area contributed by atoms with Crippen LogP contribution in [0.1, 0.15) is 5.56 Å². The molecule has 0 atom stereocenters. The predicted molar refractivity (Wildman–Crippen MR) is 62.2 cm³/mol. The summed E-state index contributed by atoms with van der Waals surface area (Å²) in [7, 11) is 0. The molecule has 10 heavy (non-hydrogen) atoms. The van der Waals surface area contributed by atoms with Gasteiger partial charge in [-0.25, -0.2) is 0 Å². The monoisotopic (exact) mass is 356 g/mol. The maximum Gasteiger partial charge on any atom is 0.0202 e. The fourth-order valence-corrected chi connectivity index (χ4v) is 1.63. The van der Waals surface area contributed by atoms with Crippen molar-refractivity contribution in [3.05, 3.63) is 37.5 Å². The summed E-state index contributed by atoms with van der Waals surface area (Å²) >= 11 is 4.55. The van der Waals surface area contributed by atoms with Gasteiger partial charge in [0.25, 0.3) is 0 Å². The van der Waals surface area contributed by atoms with E-state index < -0.39 is 0 Å². The Hall–Kier alpha value is 0.420. The molecule has 0 nitrogen and oxygen atoms in total. The van der Waals surface area contributed by atoms with Gasteiger partial charge in [0.2, 0.25) is 0 Å².